The Hall–Kier alpha value is -2.18. The Morgan fingerprint density at radius 3 is 2.44 bits per heavy atom. The van der Waals surface area contributed by atoms with E-state index in [1.165, 1.54) is 0 Å². The van der Waals surface area contributed by atoms with Gasteiger partial charge in [0.15, 0.2) is 0 Å². The first-order chi connectivity index (χ1) is 8.56. The van der Waals surface area contributed by atoms with Crippen LogP contribution in [0.1, 0.15) is 31.4 Å². The fourth-order valence-corrected chi connectivity index (χ4v) is 1.80. The van der Waals surface area contributed by atoms with Crippen molar-refractivity contribution in [2.45, 2.75) is 32.7 Å². The van der Waals surface area contributed by atoms with E-state index in [1.54, 1.807) is 6.20 Å². The summed E-state index contributed by atoms with van der Waals surface area (Å²) in [5.41, 5.74) is 11.1. The smallest absolute Gasteiger partial charge is 0.225 e. The minimum atomic E-state index is 0.159. The largest absolute Gasteiger partial charge is 0.368 e. The van der Waals surface area contributed by atoms with Crippen molar-refractivity contribution in [1.82, 2.24) is 24.5 Å². The molecule has 0 saturated carbocycles. The molecule has 7 heteroatoms. The zero-order chi connectivity index (χ0) is 13.1. The number of nitrogens with zero attached hydrogens (tertiary/aromatic N) is 5. The summed E-state index contributed by atoms with van der Waals surface area (Å²) >= 11 is 0. The van der Waals surface area contributed by atoms with Gasteiger partial charge in [0.1, 0.15) is 11.6 Å². The highest BCUT2D eigenvalue weighted by atomic mass is 15.1. The van der Waals surface area contributed by atoms with Crippen molar-refractivity contribution in [3.8, 4) is 0 Å². The van der Waals surface area contributed by atoms with Crippen LogP contribution < -0.4 is 11.5 Å². The third kappa shape index (κ3) is 2.73. The molecular formula is C11H17N7. The molecule has 0 saturated heterocycles. The molecule has 0 spiro atoms. The van der Waals surface area contributed by atoms with Crippen molar-refractivity contribution in [1.29, 1.82) is 0 Å². The lowest BCUT2D eigenvalue weighted by atomic mass is 10.2. The Morgan fingerprint density at radius 2 is 1.83 bits per heavy atom. The molecule has 0 fully saturated rings. The Bertz CT molecular complexity index is 512. The molecule has 0 aliphatic carbocycles. The predicted molar refractivity (Wildman–Crippen MR) is 68.7 cm³/mol. The van der Waals surface area contributed by atoms with Crippen LogP contribution in [0.15, 0.2) is 12.4 Å². The zero-order valence-electron chi connectivity index (χ0n) is 10.5. The summed E-state index contributed by atoms with van der Waals surface area (Å²) < 4.78 is 2.08. The van der Waals surface area contributed by atoms with E-state index in [4.69, 9.17) is 11.5 Å². The summed E-state index contributed by atoms with van der Waals surface area (Å²) in [6.45, 7) is 4.96. The van der Waals surface area contributed by atoms with E-state index in [9.17, 15) is 0 Å². The maximum absolute atomic E-state index is 5.53. The van der Waals surface area contributed by atoms with Crippen molar-refractivity contribution < 1.29 is 0 Å². The van der Waals surface area contributed by atoms with E-state index in [-0.39, 0.29) is 11.9 Å². The number of hydrogen-bond acceptors (Lipinski definition) is 6. The molecule has 0 aliphatic rings. The highest BCUT2D eigenvalue weighted by Gasteiger charge is 2.08. The number of aryl methyl sites for hydroxylation is 2. The van der Waals surface area contributed by atoms with Crippen LogP contribution in [0.5, 0.6) is 0 Å². The first kappa shape index (κ1) is 12.3. The van der Waals surface area contributed by atoms with Gasteiger partial charge in [0.05, 0.1) is 0 Å². The summed E-state index contributed by atoms with van der Waals surface area (Å²) in [5, 5.41) is 0. The highest BCUT2D eigenvalue weighted by Crippen LogP contribution is 2.12. The van der Waals surface area contributed by atoms with E-state index >= 15 is 0 Å². The minimum Gasteiger partial charge on any atom is -0.368 e. The molecule has 0 aliphatic heterocycles. The number of aromatic nitrogens is 5. The molecule has 2 heterocycles. The number of imidazole rings is 1. The normalized spacial score (nSPS) is 11.1. The number of nitrogens with two attached hydrogens (primary N) is 2. The topological polar surface area (TPSA) is 109 Å². The molecule has 0 aromatic carbocycles. The quantitative estimate of drug-likeness (QED) is 0.818. The van der Waals surface area contributed by atoms with Crippen LogP contribution >= 0.6 is 0 Å². The van der Waals surface area contributed by atoms with Crippen LogP contribution in [-0.4, -0.2) is 24.5 Å². The number of nitrogen functional groups attached to an aromatic ring is 2. The van der Waals surface area contributed by atoms with Crippen molar-refractivity contribution in [3.05, 3.63) is 24.0 Å². The van der Waals surface area contributed by atoms with E-state index in [0.29, 0.717) is 18.2 Å². The van der Waals surface area contributed by atoms with Crippen LogP contribution in [-0.2, 0) is 13.0 Å². The molecule has 2 rings (SSSR count). The van der Waals surface area contributed by atoms with Crippen molar-refractivity contribution in [2.75, 3.05) is 11.5 Å². The van der Waals surface area contributed by atoms with Gasteiger partial charge < -0.3 is 16.0 Å². The van der Waals surface area contributed by atoms with E-state index in [1.807, 2.05) is 6.20 Å². The fourth-order valence-electron chi connectivity index (χ4n) is 1.80. The molecule has 18 heavy (non-hydrogen) atoms. The molecule has 96 valence electrons. The van der Waals surface area contributed by atoms with Crippen LogP contribution in [0.3, 0.4) is 0 Å². The van der Waals surface area contributed by atoms with Gasteiger partial charge in [-0.3, -0.25) is 0 Å². The second kappa shape index (κ2) is 4.99. The lowest BCUT2D eigenvalue weighted by molar-refractivity contribution is 0.607. The standard InChI is InChI=1S/C11H17N7/c1-7(2)9-14-4-6-18(9)5-3-8-15-10(12)17-11(13)16-8/h4,6-7H,3,5H2,1-2H3,(H4,12,13,15,16,17). The van der Waals surface area contributed by atoms with Gasteiger partial charge in [-0.1, -0.05) is 13.8 Å². The molecule has 0 radical (unpaired) electrons. The first-order valence-electron chi connectivity index (χ1n) is 5.83. The molecule has 0 amide bonds. The second-order valence-corrected chi connectivity index (χ2v) is 4.35. The van der Waals surface area contributed by atoms with Crippen LogP contribution in [0.25, 0.3) is 0 Å². The number of anilines is 2. The zero-order valence-corrected chi connectivity index (χ0v) is 10.5. The Labute approximate surface area is 105 Å². The molecule has 0 atom stereocenters. The Kier molecular flexibility index (Phi) is 3.40. The Morgan fingerprint density at radius 1 is 1.17 bits per heavy atom. The number of rotatable bonds is 4. The lowest BCUT2D eigenvalue weighted by Gasteiger charge is -2.09. The average Bonchev–Trinajstić information content (AvgIpc) is 2.73. The van der Waals surface area contributed by atoms with E-state index in [2.05, 4.69) is 38.4 Å². The van der Waals surface area contributed by atoms with E-state index in [0.717, 1.165) is 12.4 Å². The van der Waals surface area contributed by atoms with Gasteiger partial charge >= 0.3 is 0 Å². The molecule has 0 bridgehead atoms. The summed E-state index contributed by atoms with van der Waals surface area (Å²) in [7, 11) is 0. The first-order valence-corrected chi connectivity index (χ1v) is 5.83. The lowest BCUT2D eigenvalue weighted by Crippen LogP contribution is -2.11. The van der Waals surface area contributed by atoms with Crippen molar-refractivity contribution in [2.24, 2.45) is 0 Å². The molecule has 0 unspecified atom stereocenters. The highest BCUT2D eigenvalue weighted by molar-refractivity contribution is 5.25. The van der Waals surface area contributed by atoms with Gasteiger partial charge in [-0.15, -0.1) is 0 Å². The molecule has 2 aromatic heterocycles. The van der Waals surface area contributed by atoms with Gasteiger partial charge in [-0.25, -0.2) is 4.98 Å². The third-order valence-electron chi connectivity index (χ3n) is 2.56. The summed E-state index contributed by atoms with van der Waals surface area (Å²) in [6, 6.07) is 0. The van der Waals surface area contributed by atoms with Crippen LogP contribution in [0.2, 0.25) is 0 Å². The summed E-state index contributed by atoms with van der Waals surface area (Å²) in [4.78, 5) is 16.2. The molecule has 4 N–H and O–H groups in total. The minimum absolute atomic E-state index is 0.159. The average molecular weight is 247 g/mol. The van der Waals surface area contributed by atoms with Gasteiger partial charge in [0, 0.05) is 31.3 Å². The third-order valence-corrected chi connectivity index (χ3v) is 2.56. The maximum Gasteiger partial charge on any atom is 0.225 e. The van der Waals surface area contributed by atoms with Crippen molar-refractivity contribution >= 4 is 11.9 Å². The summed E-state index contributed by atoms with van der Waals surface area (Å²) in [5.74, 6) is 2.35. The van der Waals surface area contributed by atoms with Crippen molar-refractivity contribution in [3.63, 3.8) is 0 Å². The predicted octanol–water partition coefficient (Wildman–Crippen LogP) is 0.599. The van der Waals surface area contributed by atoms with Gasteiger partial charge in [-0.2, -0.15) is 15.0 Å². The Balaban J connectivity index is 2.09. The van der Waals surface area contributed by atoms with Gasteiger partial charge in [0.25, 0.3) is 0 Å². The van der Waals surface area contributed by atoms with Crippen LogP contribution in [0.4, 0.5) is 11.9 Å². The second-order valence-electron chi connectivity index (χ2n) is 4.35. The molecule has 7 nitrogen and oxygen atoms in total. The van der Waals surface area contributed by atoms with Gasteiger partial charge in [0.2, 0.25) is 11.9 Å². The molecular weight excluding hydrogens is 230 g/mol. The fraction of sp³-hybridized carbons (Fsp3) is 0.455. The van der Waals surface area contributed by atoms with Crippen LogP contribution in [0, 0.1) is 0 Å². The van der Waals surface area contributed by atoms with Gasteiger partial charge in [-0.05, 0) is 0 Å². The SMILES string of the molecule is CC(C)c1nccn1CCc1nc(N)nc(N)n1. The number of hydrogen-bond donors (Lipinski definition) is 2. The maximum atomic E-state index is 5.53. The molecule has 2 aromatic rings. The van der Waals surface area contributed by atoms with E-state index < -0.39 is 0 Å². The summed E-state index contributed by atoms with van der Waals surface area (Å²) in [6.07, 6.45) is 4.39. The monoisotopic (exact) mass is 247 g/mol.